The summed E-state index contributed by atoms with van der Waals surface area (Å²) in [5, 5.41) is 2.73. The molecule has 0 saturated heterocycles. The molecular formula is C25H26N2O6S. The van der Waals surface area contributed by atoms with Crippen molar-refractivity contribution >= 4 is 21.6 Å². The Morgan fingerprint density at radius 3 is 2.38 bits per heavy atom. The zero-order valence-corrected chi connectivity index (χ0v) is 19.5. The van der Waals surface area contributed by atoms with Gasteiger partial charge in [-0.1, -0.05) is 42.5 Å². The van der Waals surface area contributed by atoms with Crippen molar-refractivity contribution in [1.82, 2.24) is 5.32 Å². The fourth-order valence-electron chi connectivity index (χ4n) is 3.43. The molecule has 8 nitrogen and oxygen atoms in total. The van der Waals surface area contributed by atoms with E-state index in [0.717, 1.165) is 16.1 Å². The number of carbonyl (C=O) groups excluding carboxylic acids is 1. The third kappa shape index (κ3) is 6.20. The maximum Gasteiger partial charge on any atom is 0.240 e. The number of rotatable bonds is 9. The third-order valence-corrected chi connectivity index (χ3v) is 6.30. The largest absolute Gasteiger partial charge is 0.489 e. The third-order valence-electron chi connectivity index (χ3n) is 5.16. The summed E-state index contributed by atoms with van der Waals surface area (Å²) < 4.78 is 43.0. The number of para-hydroxylation sites is 2. The van der Waals surface area contributed by atoms with Crippen LogP contribution in [0.15, 0.2) is 78.9 Å². The highest BCUT2D eigenvalue weighted by atomic mass is 32.2. The Bertz CT molecular complexity index is 1220. The summed E-state index contributed by atoms with van der Waals surface area (Å²) in [5.41, 5.74) is 1.40. The molecule has 1 atom stereocenters. The normalized spacial score (nSPS) is 14.8. The van der Waals surface area contributed by atoms with Crippen LogP contribution in [0.3, 0.4) is 0 Å². The number of ether oxygens (including phenoxy) is 3. The standard InChI is InChI=1S/C25H26N2O6S/c1-34(29,30)27(20-11-13-21(14-12-20)31-17-19-7-3-2-4-8-19)16-25(28)26-15-22-18-32-23-9-5-6-10-24(23)33-22/h2-14,22H,15-18H2,1H3,(H,26,28)/t22-/m1/s1. The molecule has 0 unspecified atom stereocenters. The van der Waals surface area contributed by atoms with Gasteiger partial charge in [-0.3, -0.25) is 9.10 Å². The van der Waals surface area contributed by atoms with E-state index in [4.69, 9.17) is 14.2 Å². The molecule has 1 N–H and O–H groups in total. The number of sulfonamides is 1. The summed E-state index contributed by atoms with van der Waals surface area (Å²) in [6.45, 7) is 0.525. The highest BCUT2D eigenvalue weighted by Crippen LogP contribution is 2.30. The summed E-state index contributed by atoms with van der Waals surface area (Å²) in [6, 6.07) is 23.6. The molecule has 4 rings (SSSR count). The van der Waals surface area contributed by atoms with Crippen LogP contribution in [0.1, 0.15) is 5.56 Å². The average Bonchev–Trinajstić information content (AvgIpc) is 2.85. The van der Waals surface area contributed by atoms with Gasteiger partial charge in [-0.15, -0.1) is 0 Å². The summed E-state index contributed by atoms with van der Waals surface area (Å²) in [6.07, 6.45) is 0.696. The van der Waals surface area contributed by atoms with Gasteiger partial charge in [0, 0.05) is 0 Å². The van der Waals surface area contributed by atoms with Gasteiger partial charge >= 0.3 is 0 Å². The Morgan fingerprint density at radius 2 is 1.68 bits per heavy atom. The molecule has 1 aliphatic rings. The highest BCUT2D eigenvalue weighted by molar-refractivity contribution is 7.92. The van der Waals surface area contributed by atoms with E-state index in [2.05, 4.69) is 5.32 Å². The van der Waals surface area contributed by atoms with Crippen LogP contribution >= 0.6 is 0 Å². The predicted molar refractivity (Wildman–Crippen MR) is 129 cm³/mol. The van der Waals surface area contributed by atoms with Crippen molar-refractivity contribution in [2.75, 3.05) is 30.3 Å². The number of anilines is 1. The van der Waals surface area contributed by atoms with Gasteiger partial charge in [-0.25, -0.2) is 8.42 Å². The minimum atomic E-state index is -3.69. The zero-order chi connectivity index (χ0) is 24.0. The van der Waals surface area contributed by atoms with Crippen LogP contribution in [0.5, 0.6) is 17.2 Å². The van der Waals surface area contributed by atoms with Crippen LogP contribution in [-0.2, 0) is 21.4 Å². The monoisotopic (exact) mass is 482 g/mol. The van der Waals surface area contributed by atoms with Gasteiger partial charge in [0.1, 0.15) is 31.6 Å². The molecule has 1 amide bonds. The molecule has 0 spiro atoms. The number of amides is 1. The number of nitrogens with one attached hydrogen (secondary N) is 1. The van der Waals surface area contributed by atoms with Gasteiger partial charge in [0.2, 0.25) is 15.9 Å². The number of fused-ring (bicyclic) bond motifs is 1. The number of hydrogen-bond donors (Lipinski definition) is 1. The Balaban J connectivity index is 1.33. The number of carbonyl (C=O) groups is 1. The number of nitrogens with zero attached hydrogens (tertiary/aromatic N) is 1. The average molecular weight is 483 g/mol. The molecule has 0 bridgehead atoms. The van der Waals surface area contributed by atoms with Crippen LogP contribution in [0.2, 0.25) is 0 Å². The molecule has 0 fully saturated rings. The lowest BCUT2D eigenvalue weighted by molar-refractivity contribution is -0.120. The van der Waals surface area contributed by atoms with Gasteiger partial charge in [-0.05, 0) is 42.0 Å². The number of hydrogen-bond acceptors (Lipinski definition) is 6. The fraction of sp³-hybridized carbons (Fsp3) is 0.240. The second kappa shape index (κ2) is 10.5. The van der Waals surface area contributed by atoms with E-state index in [1.165, 1.54) is 0 Å². The van der Waals surface area contributed by atoms with Crippen LogP contribution in [-0.4, -0.2) is 46.4 Å². The summed E-state index contributed by atoms with van der Waals surface area (Å²) in [5.74, 6) is 1.42. The molecule has 34 heavy (non-hydrogen) atoms. The smallest absolute Gasteiger partial charge is 0.240 e. The van der Waals surface area contributed by atoms with E-state index in [9.17, 15) is 13.2 Å². The molecule has 0 saturated carbocycles. The topological polar surface area (TPSA) is 94.2 Å². The minimum absolute atomic E-state index is 0.192. The quantitative estimate of drug-likeness (QED) is 0.504. The predicted octanol–water partition coefficient (Wildman–Crippen LogP) is 2.99. The Kier molecular flexibility index (Phi) is 7.22. The first kappa shape index (κ1) is 23.4. The molecular weight excluding hydrogens is 456 g/mol. The Hall–Kier alpha value is -3.72. The molecule has 0 aromatic heterocycles. The lowest BCUT2D eigenvalue weighted by Gasteiger charge is -2.27. The van der Waals surface area contributed by atoms with Crippen LogP contribution in [0, 0.1) is 0 Å². The van der Waals surface area contributed by atoms with Crippen molar-refractivity contribution in [2.45, 2.75) is 12.7 Å². The molecule has 9 heteroatoms. The molecule has 178 valence electrons. The van der Waals surface area contributed by atoms with Crippen LogP contribution < -0.4 is 23.8 Å². The highest BCUT2D eigenvalue weighted by Gasteiger charge is 2.24. The lowest BCUT2D eigenvalue weighted by atomic mass is 10.2. The molecule has 1 heterocycles. The van der Waals surface area contributed by atoms with Crippen molar-refractivity contribution in [1.29, 1.82) is 0 Å². The second-order valence-electron chi connectivity index (χ2n) is 7.84. The van der Waals surface area contributed by atoms with Gasteiger partial charge in [0.25, 0.3) is 0 Å². The molecule has 3 aromatic carbocycles. The SMILES string of the molecule is CS(=O)(=O)N(CC(=O)NC[C@@H]1COc2ccccc2O1)c1ccc(OCc2ccccc2)cc1. The maximum absolute atomic E-state index is 12.5. The first-order valence-electron chi connectivity index (χ1n) is 10.8. The van der Waals surface area contributed by atoms with Crippen LogP contribution in [0.4, 0.5) is 5.69 Å². The van der Waals surface area contributed by atoms with Crippen molar-refractivity contribution < 1.29 is 27.4 Å². The van der Waals surface area contributed by atoms with E-state index >= 15 is 0 Å². The van der Waals surface area contributed by atoms with E-state index in [1.807, 2.05) is 48.5 Å². The van der Waals surface area contributed by atoms with Crippen molar-refractivity contribution in [3.05, 3.63) is 84.4 Å². The molecule has 0 radical (unpaired) electrons. The van der Waals surface area contributed by atoms with E-state index in [0.29, 0.717) is 29.5 Å². The van der Waals surface area contributed by atoms with Gasteiger partial charge in [0.15, 0.2) is 11.5 Å². The summed E-state index contributed by atoms with van der Waals surface area (Å²) in [7, 11) is -3.69. The van der Waals surface area contributed by atoms with Crippen molar-refractivity contribution in [3.63, 3.8) is 0 Å². The summed E-state index contributed by atoms with van der Waals surface area (Å²) in [4.78, 5) is 12.5. The first-order chi connectivity index (χ1) is 16.4. The first-order valence-corrected chi connectivity index (χ1v) is 12.6. The molecule has 3 aromatic rings. The van der Waals surface area contributed by atoms with E-state index < -0.39 is 15.9 Å². The zero-order valence-electron chi connectivity index (χ0n) is 18.7. The van der Waals surface area contributed by atoms with Crippen molar-refractivity contribution in [2.24, 2.45) is 0 Å². The molecule has 0 aliphatic carbocycles. The van der Waals surface area contributed by atoms with Crippen LogP contribution in [0.25, 0.3) is 0 Å². The minimum Gasteiger partial charge on any atom is -0.489 e. The van der Waals surface area contributed by atoms with E-state index in [1.54, 1.807) is 30.3 Å². The van der Waals surface area contributed by atoms with E-state index in [-0.39, 0.29) is 25.8 Å². The summed E-state index contributed by atoms with van der Waals surface area (Å²) >= 11 is 0. The number of benzene rings is 3. The maximum atomic E-state index is 12.5. The van der Waals surface area contributed by atoms with Crippen molar-refractivity contribution in [3.8, 4) is 17.2 Å². The second-order valence-corrected chi connectivity index (χ2v) is 9.75. The Morgan fingerprint density at radius 1 is 1.00 bits per heavy atom. The van der Waals surface area contributed by atoms with Gasteiger partial charge in [0.05, 0.1) is 18.5 Å². The van der Waals surface area contributed by atoms with Gasteiger partial charge < -0.3 is 19.5 Å². The molecule has 1 aliphatic heterocycles. The lowest BCUT2D eigenvalue weighted by Crippen LogP contribution is -2.45. The van der Waals surface area contributed by atoms with Gasteiger partial charge in [-0.2, -0.15) is 0 Å². The fourth-order valence-corrected chi connectivity index (χ4v) is 4.28. The Labute approximate surface area is 199 Å².